The SMILES string of the molecule is O=C(Nc1ccnc(Cl)c1)c1cn2cc(F)ccc2n1. The second-order valence-electron chi connectivity index (χ2n) is 4.06. The fourth-order valence-electron chi connectivity index (χ4n) is 1.75. The van der Waals surface area contributed by atoms with Crippen LogP contribution in [0.15, 0.2) is 42.9 Å². The second kappa shape index (κ2) is 4.90. The Morgan fingerprint density at radius 3 is 2.95 bits per heavy atom. The summed E-state index contributed by atoms with van der Waals surface area (Å²) in [6, 6.07) is 5.91. The number of hydrogen-bond acceptors (Lipinski definition) is 3. The van der Waals surface area contributed by atoms with E-state index in [0.717, 1.165) is 0 Å². The zero-order chi connectivity index (χ0) is 14.1. The van der Waals surface area contributed by atoms with Gasteiger partial charge in [-0.1, -0.05) is 11.6 Å². The lowest BCUT2D eigenvalue weighted by Gasteiger charge is -2.02. The molecule has 1 amide bonds. The Morgan fingerprint density at radius 1 is 1.30 bits per heavy atom. The molecule has 0 aliphatic heterocycles. The van der Waals surface area contributed by atoms with E-state index in [1.165, 1.54) is 41.2 Å². The Morgan fingerprint density at radius 2 is 2.15 bits per heavy atom. The van der Waals surface area contributed by atoms with Gasteiger partial charge in [0.05, 0.1) is 0 Å². The van der Waals surface area contributed by atoms with E-state index >= 15 is 0 Å². The van der Waals surface area contributed by atoms with Gasteiger partial charge in [-0.3, -0.25) is 4.79 Å². The second-order valence-corrected chi connectivity index (χ2v) is 4.45. The highest BCUT2D eigenvalue weighted by Crippen LogP contribution is 2.14. The van der Waals surface area contributed by atoms with E-state index in [0.29, 0.717) is 11.3 Å². The number of rotatable bonds is 2. The van der Waals surface area contributed by atoms with Crippen LogP contribution < -0.4 is 5.32 Å². The number of carbonyl (C=O) groups is 1. The normalized spacial score (nSPS) is 10.7. The third-order valence-corrected chi connectivity index (χ3v) is 2.84. The number of anilines is 1. The Kier molecular flexibility index (Phi) is 3.08. The van der Waals surface area contributed by atoms with Gasteiger partial charge in [0.2, 0.25) is 0 Å². The summed E-state index contributed by atoms with van der Waals surface area (Å²) in [5.74, 6) is -0.806. The van der Waals surface area contributed by atoms with Crippen LogP contribution in [-0.4, -0.2) is 20.3 Å². The maximum atomic E-state index is 13.1. The molecule has 0 fully saturated rings. The van der Waals surface area contributed by atoms with Crippen LogP contribution in [0.1, 0.15) is 10.5 Å². The number of imidazole rings is 1. The van der Waals surface area contributed by atoms with Gasteiger partial charge >= 0.3 is 0 Å². The molecule has 20 heavy (non-hydrogen) atoms. The largest absolute Gasteiger partial charge is 0.320 e. The highest BCUT2D eigenvalue weighted by molar-refractivity contribution is 6.29. The van der Waals surface area contributed by atoms with Gasteiger partial charge in [0, 0.05) is 24.3 Å². The highest BCUT2D eigenvalue weighted by Gasteiger charge is 2.11. The number of nitrogens with zero attached hydrogens (tertiary/aromatic N) is 3. The van der Waals surface area contributed by atoms with Crippen LogP contribution in [-0.2, 0) is 0 Å². The summed E-state index contributed by atoms with van der Waals surface area (Å²) < 4.78 is 14.5. The Hall–Kier alpha value is -2.47. The molecule has 0 aliphatic carbocycles. The summed E-state index contributed by atoms with van der Waals surface area (Å²) >= 11 is 5.73. The van der Waals surface area contributed by atoms with Gasteiger partial charge in [-0.05, 0) is 24.3 Å². The first-order valence-electron chi connectivity index (χ1n) is 5.69. The fraction of sp³-hybridized carbons (Fsp3) is 0. The van der Waals surface area contributed by atoms with Gasteiger partial charge in [0.15, 0.2) is 0 Å². The summed E-state index contributed by atoms with van der Waals surface area (Å²) in [5.41, 5.74) is 1.19. The topological polar surface area (TPSA) is 59.3 Å². The third-order valence-electron chi connectivity index (χ3n) is 2.63. The molecule has 0 unspecified atom stereocenters. The van der Waals surface area contributed by atoms with Crippen molar-refractivity contribution in [2.45, 2.75) is 0 Å². The lowest BCUT2D eigenvalue weighted by Crippen LogP contribution is -2.12. The molecule has 5 nitrogen and oxygen atoms in total. The first-order chi connectivity index (χ1) is 9.61. The van der Waals surface area contributed by atoms with Crippen LogP contribution in [0.4, 0.5) is 10.1 Å². The maximum absolute atomic E-state index is 13.1. The number of halogens is 2. The fourth-order valence-corrected chi connectivity index (χ4v) is 1.92. The van der Waals surface area contributed by atoms with Crippen molar-refractivity contribution >= 4 is 28.8 Å². The van der Waals surface area contributed by atoms with Crippen LogP contribution in [0.25, 0.3) is 5.65 Å². The van der Waals surface area contributed by atoms with Gasteiger partial charge in [-0.2, -0.15) is 0 Å². The minimum absolute atomic E-state index is 0.184. The van der Waals surface area contributed by atoms with Crippen LogP contribution in [0, 0.1) is 5.82 Å². The van der Waals surface area contributed by atoms with Gasteiger partial charge in [0.1, 0.15) is 22.3 Å². The molecular weight excluding hydrogens is 283 g/mol. The first-order valence-corrected chi connectivity index (χ1v) is 6.07. The molecule has 0 aliphatic rings. The smallest absolute Gasteiger partial charge is 0.275 e. The van der Waals surface area contributed by atoms with Gasteiger partial charge in [-0.15, -0.1) is 0 Å². The quantitative estimate of drug-likeness (QED) is 0.738. The van der Waals surface area contributed by atoms with Gasteiger partial charge in [-0.25, -0.2) is 14.4 Å². The molecule has 0 radical (unpaired) electrons. The van der Waals surface area contributed by atoms with E-state index in [-0.39, 0.29) is 10.8 Å². The summed E-state index contributed by atoms with van der Waals surface area (Å²) in [6.45, 7) is 0. The zero-order valence-electron chi connectivity index (χ0n) is 10.0. The van der Waals surface area contributed by atoms with E-state index in [1.54, 1.807) is 6.07 Å². The molecular formula is C13H8ClFN4O. The number of carbonyl (C=O) groups excluding carboxylic acids is 1. The molecule has 0 saturated carbocycles. The van der Waals surface area contributed by atoms with Crippen LogP contribution >= 0.6 is 11.6 Å². The van der Waals surface area contributed by atoms with Gasteiger partial charge < -0.3 is 9.72 Å². The van der Waals surface area contributed by atoms with Crippen molar-refractivity contribution < 1.29 is 9.18 Å². The molecule has 0 spiro atoms. The van der Waals surface area contributed by atoms with E-state index in [9.17, 15) is 9.18 Å². The van der Waals surface area contributed by atoms with E-state index in [2.05, 4.69) is 15.3 Å². The van der Waals surface area contributed by atoms with Crippen molar-refractivity contribution in [2.75, 3.05) is 5.32 Å². The lowest BCUT2D eigenvalue weighted by atomic mass is 10.3. The van der Waals surface area contributed by atoms with Crippen molar-refractivity contribution in [2.24, 2.45) is 0 Å². The number of fused-ring (bicyclic) bond motifs is 1. The lowest BCUT2D eigenvalue weighted by molar-refractivity contribution is 0.102. The molecule has 7 heteroatoms. The van der Waals surface area contributed by atoms with Crippen LogP contribution in [0.2, 0.25) is 5.15 Å². The average Bonchev–Trinajstić information content (AvgIpc) is 2.81. The zero-order valence-corrected chi connectivity index (χ0v) is 10.8. The standard InChI is InChI=1S/C13H8ClFN4O/c14-11-5-9(3-4-16-11)17-13(20)10-7-19-6-8(15)1-2-12(19)18-10/h1-7H,(H,16,17,20). The highest BCUT2D eigenvalue weighted by atomic mass is 35.5. The third kappa shape index (κ3) is 2.46. The molecule has 0 bridgehead atoms. The molecule has 0 atom stereocenters. The monoisotopic (exact) mass is 290 g/mol. The summed E-state index contributed by atoms with van der Waals surface area (Å²) in [7, 11) is 0. The Balaban J connectivity index is 1.88. The molecule has 0 saturated heterocycles. The van der Waals surface area contributed by atoms with Crippen molar-refractivity contribution in [1.29, 1.82) is 0 Å². The molecule has 3 aromatic rings. The van der Waals surface area contributed by atoms with Crippen molar-refractivity contribution in [3.63, 3.8) is 0 Å². The number of pyridine rings is 2. The van der Waals surface area contributed by atoms with E-state index in [1.807, 2.05) is 0 Å². The minimum Gasteiger partial charge on any atom is -0.320 e. The maximum Gasteiger partial charge on any atom is 0.275 e. The summed E-state index contributed by atoms with van der Waals surface area (Å²) in [6.07, 6.45) is 4.19. The molecule has 3 rings (SSSR count). The predicted molar refractivity (Wildman–Crippen MR) is 72.4 cm³/mol. The van der Waals surface area contributed by atoms with E-state index in [4.69, 9.17) is 11.6 Å². The molecule has 3 heterocycles. The summed E-state index contributed by atoms with van der Waals surface area (Å²) in [5, 5.41) is 2.92. The first kappa shape index (κ1) is 12.6. The number of hydrogen-bond donors (Lipinski definition) is 1. The average molecular weight is 291 g/mol. The van der Waals surface area contributed by atoms with Gasteiger partial charge in [0.25, 0.3) is 5.91 Å². The van der Waals surface area contributed by atoms with Crippen LogP contribution in [0.3, 0.4) is 0 Å². The number of aromatic nitrogens is 3. The predicted octanol–water partition coefficient (Wildman–Crippen LogP) is 2.77. The molecule has 1 N–H and O–H groups in total. The Labute approximate surface area is 118 Å². The molecule has 3 aromatic heterocycles. The van der Waals surface area contributed by atoms with Crippen molar-refractivity contribution in [1.82, 2.24) is 14.4 Å². The summed E-state index contributed by atoms with van der Waals surface area (Å²) in [4.78, 5) is 20.0. The number of amides is 1. The molecule has 0 aromatic carbocycles. The van der Waals surface area contributed by atoms with Crippen molar-refractivity contribution in [3.05, 3.63) is 59.5 Å². The van der Waals surface area contributed by atoms with Crippen LogP contribution in [0.5, 0.6) is 0 Å². The number of nitrogens with one attached hydrogen (secondary N) is 1. The molecule has 100 valence electrons. The Bertz CT molecular complexity index is 802. The minimum atomic E-state index is -0.406. The van der Waals surface area contributed by atoms with Crippen molar-refractivity contribution in [3.8, 4) is 0 Å². The van der Waals surface area contributed by atoms with E-state index < -0.39 is 11.7 Å².